The number of rotatable bonds is 20. The maximum atomic E-state index is 13.5. The first kappa shape index (κ1) is 35.6. The van der Waals surface area contributed by atoms with Gasteiger partial charge in [-0.25, -0.2) is 4.39 Å². The van der Waals surface area contributed by atoms with Crippen LogP contribution in [-0.2, 0) is 20.9 Å². The van der Waals surface area contributed by atoms with Gasteiger partial charge in [-0.15, -0.1) is 0 Å². The summed E-state index contributed by atoms with van der Waals surface area (Å²) in [4.78, 5) is 38.2. The lowest BCUT2D eigenvalue weighted by Gasteiger charge is -2.48. The summed E-state index contributed by atoms with van der Waals surface area (Å²) in [5.74, 6) is -0.682. The van der Waals surface area contributed by atoms with Crippen LogP contribution in [-0.4, -0.2) is 35.1 Å². The van der Waals surface area contributed by atoms with E-state index in [1.54, 1.807) is 24.1 Å². The number of ether oxygens (including phenoxy) is 1. The summed E-state index contributed by atoms with van der Waals surface area (Å²) in [5.41, 5.74) is 3.30. The number of carboxylic acid groups (broad SMARTS) is 1. The van der Waals surface area contributed by atoms with Gasteiger partial charge in [0.2, 0.25) is 11.8 Å². The molecule has 2 amide bonds. The number of nitrogens with zero attached hydrogens (tertiary/aromatic N) is 1. The topological polar surface area (TPSA) is 116 Å². The van der Waals surface area contributed by atoms with E-state index in [2.05, 4.69) is 5.32 Å². The molecule has 3 aromatic carbocycles. The minimum Gasteiger partial charge on any atom is -0.497 e. The van der Waals surface area contributed by atoms with Gasteiger partial charge in [0.15, 0.2) is 0 Å². The van der Waals surface area contributed by atoms with Gasteiger partial charge in [-0.2, -0.15) is 0 Å². The zero-order valence-corrected chi connectivity index (χ0v) is 27.2. The van der Waals surface area contributed by atoms with Gasteiger partial charge in [-0.3, -0.25) is 14.4 Å². The smallest absolute Gasteiger partial charge is 0.303 e. The number of methoxy groups -OCH3 is 1. The quantitative estimate of drug-likeness (QED) is 0.0858. The van der Waals surface area contributed by atoms with Crippen LogP contribution < -0.4 is 15.0 Å². The number of halogens is 1. The van der Waals surface area contributed by atoms with Crippen LogP contribution in [0.25, 0.3) is 0 Å². The van der Waals surface area contributed by atoms with Crippen molar-refractivity contribution in [2.24, 2.45) is 5.92 Å². The molecule has 0 saturated carbocycles. The van der Waals surface area contributed by atoms with Crippen molar-refractivity contribution < 1.29 is 33.7 Å². The summed E-state index contributed by atoms with van der Waals surface area (Å²) in [6.07, 6.45) is 8.68. The van der Waals surface area contributed by atoms with Crippen molar-refractivity contribution in [1.29, 1.82) is 0 Å². The molecule has 0 radical (unpaired) electrons. The number of aliphatic hydroxyl groups excluding tert-OH is 1. The largest absolute Gasteiger partial charge is 0.497 e. The monoisotopic (exact) mass is 646 g/mol. The van der Waals surface area contributed by atoms with Crippen molar-refractivity contribution in [3.63, 3.8) is 0 Å². The lowest BCUT2D eigenvalue weighted by Crippen LogP contribution is -2.55. The molecule has 3 atom stereocenters. The number of amides is 2. The molecule has 0 unspecified atom stereocenters. The predicted molar refractivity (Wildman–Crippen MR) is 179 cm³/mol. The summed E-state index contributed by atoms with van der Waals surface area (Å²) in [5, 5.41) is 22.4. The number of carbonyl (C=O) groups is 3. The third kappa shape index (κ3) is 10.6. The number of aliphatic hydroxyl groups is 1. The Hall–Kier alpha value is -4.24. The maximum Gasteiger partial charge on any atom is 0.303 e. The van der Waals surface area contributed by atoms with Gasteiger partial charge in [0.05, 0.1) is 25.2 Å². The summed E-state index contributed by atoms with van der Waals surface area (Å²) in [6.45, 7) is 0.412. The van der Waals surface area contributed by atoms with Crippen LogP contribution in [0.5, 0.6) is 5.75 Å². The molecule has 1 fully saturated rings. The van der Waals surface area contributed by atoms with Crippen LogP contribution in [0.4, 0.5) is 10.1 Å². The normalized spacial score (nSPS) is 16.4. The van der Waals surface area contributed by atoms with E-state index < -0.39 is 12.1 Å². The molecule has 3 aromatic rings. The van der Waals surface area contributed by atoms with Crippen LogP contribution in [0.3, 0.4) is 0 Å². The molecular weight excluding hydrogens is 599 g/mol. The SMILES string of the molecule is COc1ccc([C@@H]2[C@@H](CC[C@H](O)c3ccc(F)cc3)C(=O)N2c2ccc(CNC(=O)CCCCCCCCCCC(=O)O)cc2)cc1. The number of anilines is 1. The molecule has 0 aliphatic carbocycles. The van der Waals surface area contributed by atoms with E-state index in [0.717, 1.165) is 73.9 Å². The van der Waals surface area contributed by atoms with E-state index in [1.165, 1.54) is 12.1 Å². The molecule has 0 bridgehead atoms. The Bertz CT molecular complexity index is 1430. The first-order valence-corrected chi connectivity index (χ1v) is 16.7. The van der Waals surface area contributed by atoms with E-state index >= 15 is 0 Å². The van der Waals surface area contributed by atoms with Crippen molar-refractivity contribution in [3.05, 3.63) is 95.3 Å². The summed E-state index contributed by atoms with van der Waals surface area (Å²) in [7, 11) is 1.61. The molecule has 252 valence electrons. The number of carbonyl (C=O) groups excluding carboxylic acids is 2. The van der Waals surface area contributed by atoms with E-state index in [0.29, 0.717) is 31.4 Å². The second-order valence-corrected chi connectivity index (χ2v) is 12.3. The molecule has 1 aliphatic rings. The Morgan fingerprint density at radius 2 is 1.45 bits per heavy atom. The van der Waals surface area contributed by atoms with Gasteiger partial charge < -0.3 is 25.2 Å². The number of hydrogen-bond donors (Lipinski definition) is 3. The number of nitrogens with one attached hydrogen (secondary N) is 1. The Morgan fingerprint density at radius 1 is 0.851 bits per heavy atom. The molecule has 0 aromatic heterocycles. The fourth-order valence-electron chi connectivity index (χ4n) is 6.18. The lowest BCUT2D eigenvalue weighted by molar-refractivity contribution is -0.137. The maximum absolute atomic E-state index is 13.5. The van der Waals surface area contributed by atoms with Crippen LogP contribution in [0, 0.1) is 11.7 Å². The first-order chi connectivity index (χ1) is 22.8. The highest BCUT2D eigenvalue weighted by Gasteiger charge is 2.48. The fourth-order valence-corrected chi connectivity index (χ4v) is 6.18. The van der Waals surface area contributed by atoms with E-state index in [1.807, 2.05) is 48.5 Å². The van der Waals surface area contributed by atoms with Gasteiger partial charge in [0.1, 0.15) is 11.6 Å². The van der Waals surface area contributed by atoms with Crippen molar-refractivity contribution in [2.75, 3.05) is 12.0 Å². The zero-order valence-electron chi connectivity index (χ0n) is 27.2. The predicted octanol–water partition coefficient (Wildman–Crippen LogP) is 7.65. The Morgan fingerprint density at radius 3 is 2.04 bits per heavy atom. The number of hydrogen-bond acceptors (Lipinski definition) is 5. The zero-order chi connectivity index (χ0) is 33.6. The van der Waals surface area contributed by atoms with Crippen molar-refractivity contribution >= 4 is 23.5 Å². The minimum absolute atomic E-state index is 0.0173. The first-order valence-electron chi connectivity index (χ1n) is 16.7. The fraction of sp³-hybridized carbons (Fsp3) is 0.447. The second-order valence-electron chi connectivity index (χ2n) is 12.3. The molecule has 8 nitrogen and oxygen atoms in total. The van der Waals surface area contributed by atoms with Crippen LogP contribution in [0.15, 0.2) is 72.8 Å². The average Bonchev–Trinajstić information content (AvgIpc) is 3.07. The highest BCUT2D eigenvalue weighted by molar-refractivity contribution is 6.03. The number of benzene rings is 3. The third-order valence-electron chi connectivity index (χ3n) is 8.93. The third-order valence-corrected chi connectivity index (χ3v) is 8.93. The molecule has 4 rings (SSSR count). The molecular formula is C38H47FN2O6. The molecule has 1 heterocycles. The minimum atomic E-state index is -0.795. The van der Waals surface area contributed by atoms with E-state index in [-0.39, 0.29) is 36.0 Å². The average molecular weight is 647 g/mol. The van der Waals surface area contributed by atoms with Gasteiger partial charge in [-0.1, -0.05) is 74.9 Å². The number of aliphatic carboxylic acids is 1. The molecule has 1 aliphatic heterocycles. The summed E-state index contributed by atoms with van der Waals surface area (Å²) < 4.78 is 18.7. The van der Waals surface area contributed by atoms with Crippen LogP contribution in [0.1, 0.15) is 106 Å². The molecule has 0 spiro atoms. The Labute approximate surface area is 277 Å². The standard InChI is InChI=1S/C38H47FN2O6/c1-47-32-22-16-29(17-23-32)37-33(24-25-34(42)28-14-18-30(39)19-15-28)38(46)41(37)31-20-12-27(13-21-31)26-40-35(43)10-8-6-4-2-3-5-7-9-11-36(44)45/h12-23,33-34,37,42H,2-11,24-26H2,1H3,(H,40,43)(H,44,45)/t33-,34+,37-/m1/s1. The lowest BCUT2D eigenvalue weighted by atomic mass is 9.78. The van der Waals surface area contributed by atoms with Crippen molar-refractivity contribution in [1.82, 2.24) is 5.32 Å². The van der Waals surface area contributed by atoms with Crippen molar-refractivity contribution in [2.45, 2.75) is 95.7 Å². The second kappa shape index (κ2) is 18.2. The number of carboxylic acids is 1. The van der Waals surface area contributed by atoms with Gasteiger partial charge in [0.25, 0.3) is 0 Å². The van der Waals surface area contributed by atoms with Gasteiger partial charge in [0, 0.05) is 25.1 Å². The summed E-state index contributed by atoms with van der Waals surface area (Å²) in [6, 6.07) is 20.9. The Kier molecular flexibility index (Phi) is 13.8. The molecule has 47 heavy (non-hydrogen) atoms. The van der Waals surface area contributed by atoms with Gasteiger partial charge >= 0.3 is 5.97 Å². The van der Waals surface area contributed by atoms with Gasteiger partial charge in [-0.05, 0) is 78.8 Å². The highest BCUT2D eigenvalue weighted by atomic mass is 19.1. The van der Waals surface area contributed by atoms with Crippen LogP contribution >= 0.6 is 0 Å². The van der Waals surface area contributed by atoms with Crippen LogP contribution in [0.2, 0.25) is 0 Å². The summed E-state index contributed by atoms with van der Waals surface area (Å²) >= 11 is 0. The van der Waals surface area contributed by atoms with Crippen molar-refractivity contribution in [3.8, 4) is 5.75 Å². The Balaban J connectivity index is 1.25. The molecule has 1 saturated heterocycles. The molecule has 3 N–H and O–H groups in total. The molecule has 9 heteroatoms. The number of β-lactam (4-membered cyclic amide) rings is 1. The number of unbranched alkanes of at least 4 members (excludes halogenated alkanes) is 7. The van der Waals surface area contributed by atoms with E-state index in [4.69, 9.17) is 9.84 Å². The highest BCUT2D eigenvalue weighted by Crippen LogP contribution is 2.46. The van der Waals surface area contributed by atoms with E-state index in [9.17, 15) is 23.9 Å².